The molecule has 0 saturated carbocycles. The van der Waals surface area contributed by atoms with Gasteiger partial charge in [0.15, 0.2) is 0 Å². The number of fused-ring (bicyclic) bond motifs is 2. The highest BCUT2D eigenvalue weighted by Crippen LogP contribution is 2.24. The predicted octanol–water partition coefficient (Wildman–Crippen LogP) is 0.164. The minimum absolute atomic E-state index is 0.0385. The molecule has 1 unspecified atom stereocenters. The van der Waals surface area contributed by atoms with Gasteiger partial charge in [-0.2, -0.15) is 0 Å². The van der Waals surface area contributed by atoms with Crippen LogP contribution in [0.4, 0.5) is 5.82 Å². The summed E-state index contributed by atoms with van der Waals surface area (Å²) in [4.78, 5) is 42.6. The van der Waals surface area contributed by atoms with Crippen LogP contribution in [0.5, 0.6) is 0 Å². The molecule has 3 heterocycles. The SMILES string of the molecule is CC(=O)N1CCN2Cc3cc(/C=C/C(=O)O)cnc3NC(=O)C2C1. The third-order valence-corrected chi connectivity index (χ3v) is 4.26. The summed E-state index contributed by atoms with van der Waals surface area (Å²) in [5.41, 5.74) is 1.49. The molecule has 1 saturated heterocycles. The number of hydrogen-bond acceptors (Lipinski definition) is 5. The molecule has 0 aliphatic carbocycles. The van der Waals surface area contributed by atoms with Gasteiger partial charge in [0.05, 0.1) is 0 Å². The average Bonchev–Trinajstić information content (AvgIpc) is 2.68. The number of aromatic nitrogens is 1. The largest absolute Gasteiger partial charge is 0.478 e. The number of piperazine rings is 1. The lowest BCUT2D eigenvalue weighted by Crippen LogP contribution is -2.57. The molecule has 0 bridgehead atoms. The van der Waals surface area contributed by atoms with Gasteiger partial charge in [0.1, 0.15) is 11.9 Å². The van der Waals surface area contributed by atoms with Crippen LogP contribution < -0.4 is 5.32 Å². The van der Waals surface area contributed by atoms with Gasteiger partial charge in [-0.05, 0) is 17.7 Å². The number of rotatable bonds is 2. The first-order valence-corrected chi connectivity index (χ1v) is 7.64. The number of anilines is 1. The first kappa shape index (κ1) is 16.1. The average molecular weight is 330 g/mol. The molecular weight excluding hydrogens is 312 g/mol. The first-order chi connectivity index (χ1) is 11.4. The van der Waals surface area contributed by atoms with Crippen molar-refractivity contribution in [3.8, 4) is 0 Å². The predicted molar refractivity (Wildman–Crippen MR) is 86.0 cm³/mol. The summed E-state index contributed by atoms with van der Waals surface area (Å²) in [5.74, 6) is -0.764. The lowest BCUT2D eigenvalue weighted by atomic mass is 10.1. The van der Waals surface area contributed by atoms with Crippen LogP contribution in [0.15, 0.2) is 18.3 Å². The molecule has 126 valence electrons. The topological polar surface area (TPSA) is 103 Å². The number of amides is 2. The van der Waals surface area contributed by atoms with E-state index in [-0.39, 0.29) is 11.8 Å². The van der Waals surface area contributed by atoms with Gasteiger partial charge in [0.2, 0.25) is 11.8 Å². The van der Waals surface area contributed by atoms with Gasteiger partial charge in [0.25, 0.3) is 0 Å². The second-order valence-electron chi connectivity index (χ2n) is 5.89. The lowest BCUT2D eigenvalue weighted by molar-refractivity contribution is -0.135. The van der Waals surface area contributed by atoms with E-state index in [0.717, 1.165) is 11.6 Å². The van der Waals surface area contributed by atoms with E-state index in [9.17, 15) is 14.4 Å². The maximum absolute atomic E-state index is 12.5. The van der Waals surface area contributed by atoms with Crippen molar-refractivity contribution in [2.45, 2.75) is 19.5 Å². The fourth-order valence-corrected chi connectivity index (χ4v) is 2.98. The minimum Gasteiger partial charge on any atom is -0.478 e. The van der Waals surface area contributed by atoms with E-state index >= 15 is 0 Å². The molecule has 0 radical (unpaired) electrons. The van der Waals surface area contributed by atoms with Crippen LogP contribution >= 0.6 is 0 Å². The molecule has 2 N–H and O–H groups in total. The Labute approximate surface area is 138 Å². The second kappa shape index (κ2) is 6.40. The molecule has 8 nitrogen and oxygen atoms in total. The maximum atomic E-state index is 12.5. The highest BCUT2D eigenvalue weighted by atomic mass is 16.4. The Balaban J connectivity index is 1.85. The summed E-state index contributed by atoms with van der Waals surface area (Å²) in [6.45, 7) is 3.57. The van der Waals surface area contributed by atoms with E-state index in [1.807, 2.05) is 11.0 Å². The van der Waals surface area contributed by atoms with E-state index in [1.54, 1.807) is 4.90 Å². The van der Waals surface area contributed by atoms with Gasteiger partial charge in [-0.1, -0.05) is 0 Å². The Kier molecular flexibility index (Phi) is 4.30. The maximum Gasteiger partial charge on any atom is 0.328 e. The Morgan fingerprint density at radius 1 is 1.42 bits per heavy atom. The van der Waals surface area contributed by atoms with Crippen LogP contribution in [-0.4, -0.2) is 63.4 Å². The van der Waals surface area contributed by atoms with Gasteiger partial charge in [-0.3, -0.25) is 14.5 Å². The van der Waals surface area contributed by atoms with E-state index in [2.05, 4.69) is 10.3 Å². The molecule has 1 aromatic heterocycles. The van der Waals surface area contributed by atoms with Crippen molar-refractivity contribution in [1.82, 2.24) is 14.8 Å². The molecule has 3 rings (SSSR count). The molecule has 2 amide bonds. The molecule has 1 fully saturated rings. The number of carbonyl (C=O) groups excluding carboxylic acids is 2. The Morgan fingerprint density at radius 3 is 2.92 bits per heavy atom. The molecule has 1 atom stereocenters. The highest BCUT2D eigenvalue weighted by molar-refractivity contribution is 5.96. The van der Waals surface area contributed by atoms with Crippen LogP contribution in [0.1, 0.15) is 18.1 Å². The van der Waals surface area contributed by atoms with Crippen LogP contribution in [-0.2, 0) is 20.9 Å². The van der Waals surface area contributed by atoms with Gasteiger partial charge in [0, 0.05) is 50.9 Å². The zero-order chi connectivity index (χ0) is 17.3. The number of pyridine rings is 1. The smallest absolute Gasteiger partial charge is 0.328 e. The lowest BCUT2D eigenvalue weighted by Gasteiger charge is -2.38. The summed E-state index contributed by atoms with van der Waals surface area (Å²) in [6.07, 6.45) is 4.03. The van der Waals surface area contributed by atoms with Crippen molar-refractivity contribution in [2.75, 3.05) is 25.0 Å². The molecule has 2 aliphatic heterocycles. The van der Waals surface area contributed by atoms with Crippen LogP contribution in [0.25, 0.3) is 6.08 Å². The third-order valence-electron chi connectivity index (χ3n) is 4.26. The number of nitrogens with zero attached hydrogens (tertiary/aromatic N) is 3. The number of carbonyl (C=O) groups is 3. The van der Waals surface area contributed by atoms with Crippen molar-refractivity contribution in [3.63, 3.8) is 0 Å². The number of carboxylic acids is 1. The first-order valence-electron chi connectivity index (χ1n) is 7.64. The summed E-state index contributed by atoms with van der Waals surface area (Å²) >= 11 is 0. The quantitative estimate of drug-likeness (QED) is 0.749. The van der Waals surface area contributed by atoms with E-state index in [0.29, 0.717) is 37.6 Å². The fourth-order valence-electron chi connectivity index (χ4n) is 2.98. The molecule has 2 aliphatic rings. The van der Waals surface area contributed by atoms with Gasteiger partial charge in [-0.15, -0.1) is 0 Å². The van der Waals surface area contributed by atoms with Crippen molar-refractivity contribution in [3.05, 3.63) is 29.5 Å². The van der Waals surface area contributed by atoms with E-state index in [4.69, 9.17) is 5.11 Å². The standard InChI is InChI=1S/C16H18N4O4/c1-10(21)19-4-5-20-8-12-6-11(2-3-14(22)23)7-17-15(12)18-16(24)13(20)9-19/h2-3,6-7,13H,4-5,8-9H2,1H3,(H,22,23)(H,17,18,24)/b3-2+. The van der Waals surface area contributed by atoms with E-state index in [1.165, 1.54) is 19.2 Å². The molecule has 24 heavy (non-hydrogen) atoms. The second-order valence-corrected chi connectivity index (χ2v) is 5.89. The fraction of sp³-hybridized carbons (Fsp3) is 0.375. The molecule has 8 heteroatoms. The molecule has 0 aromatic carbocycles. The van der Waals surface area contributed by atoms with E-state index < -0.39 is 12.0 Å². The Bertz CT molecular complexity index is 731. The summed E-state index contributed by atoms with van der Waals surface area (Å²) in [7, 11) is 0. The van der Waals surface area contributed by atoms with Gasteiger partial charge in [-0.25, -0.2) is 9.78 Å². The number of nitrogens with one attached hydrogen (secondary N) is 1. The molecular formula is C16H18N4O4. The Hall–Kier alpha value is -2.74. The van der Waals surface area contributed by atoms with Crippen molar-refractivity contribution in [2.24, 2.45) is 0 Å². The number of hydrogen-bond donors (Lipinski definition) is 2. The third kappa shape index (κ3) is 3.28. The van der Waals surface area contributed by atoms with Crippen molar-refractivity contribution in [1.29, 1.82) is 0 Å². The van der Waals surface area contributed by atoms with Crippen molar-refractivity contribution < 1.29 is 19.5 Å². The summed E-state index contributed by atoms with van der Waals surface area (Å²) in [5, 5.41) is 11.5. The number of carboxylic acid groups (broad SMARTS) is 1. The van der Waals surface area contributed by atoms with Crippen molar-refractivity contribution >= 4 is 29.7 Å². The number of aliphatic carboxylic acids is 1. The van der Waals surface area contributed by atoms with Crippen LogP contribution in [0, 0.1) is 0 Å². The zero-order valence-corrected chi connectivity index (χ0v) is 13.2. The monoisotopic (exact) mass is 330 g/mol. The van der Waals surface area contributed by atoms with Crippen LogP contribution in [0.2, 0.25) is 0 Å². The summed E-state index contributed by atoms with van der Waals surface area (Å²) in [6, 6.07) is 1.41. The summed E-state index contributed by atoms with van der Waals surface area (Å²) < 4.78 is 0. The van der Waals surface area contributed by atoms with Gasteiger partial charge >= 0.3 is 5.97 Å². The molecule has 1 aromatic rings. The Morgan fingerprint density at radius 2 is 2.21 bits per heavy atom. The highest BCUT2D eigenvalue weighted by Gasteiger charge is 2.36. The minimum atomic E-state index is -1.03. The van der Waals surface area contributed by atoms with Gasteiger partial charge < -0.3 is 15.3 Å². The normalized spacial score (nSPS) is 21.0. The van der Waals surface area contributed by atoms with Crippen LogP contribution in [0.3, 0.4) is 0 Å². The molecule has 0 spiro atoms. The zero-order valence-electron chi connectivity index (χ0n) is 13.2.